The fourth-order valence-corrected chi connectivity index (χ4v) is 2.24. The molecule has 0 amide bonds. The topological polar surface area (TPSA) is 26.3 Å². The van der Waals surface area contributed by atoms with Gasteiger partial charge in [-0.2, -0.15) is 0 Å². The maximum atomic E-state index is 11.3. The molecule has 1 heterocycles. The summed E-state index contributed by atoms with van der Waals surface area (Å²) in [5, 5.41) is 0.939. The van der Waals surface area contributed by atoms with Crippen LogP contribution in [0.3, 0.4) is 0 Å². The molecule has 2 nitrogen and oxygen atoms in total. The van der Waals surface area contributed by atoms with Crippen LogP contribution in [0.1, 0.15) is 51.4 Å². The van der Waals surface area contributed by atoms with Gasteiger partial charge in [0.15, 0.2) is 0 Å². The van der Waals surface area contributed by atoms with Crippen molar-refractivity contribution in [2.75, 3.05) is 11.9 Å². The normalized spacial score (nSPS) is 20.7. The van der Waals surface area contributed by atoms with Crippen LogP contribution in [0.25, 0.3) is 0 Å². The highest BCUT2D eigenvalue weighted by Crippen LogP contribution is 2.18. The van der Waals surface area contributed by atoms with E-state index in [1.807, 2.05) is 0 Å². The van der Waals surface area contributed by atoms with Crippen LogP contribution < -0.4 is 0 Å². The summed E-state index contributed by atoms with van der Waals surface area (Å²) in [6.07, 6.45) is 8.74. The summed E-state index contributed by atoms with van der Waals surface area (Å²) in [6.45, 7) is 0.939. The molecule has 1 saturated heterocycles. The molecule has 0 spiro atoms. The smallest absolute Gasteiger partial charge is 0.132 e. The van der Waals surface area contributed by atoms with Gasteiger partial charge in [0.1, 0.15) is 5.78 Å². The summed E-state index contributed by atoms with van der Waals surface area (Å²) in [4.78, 5) is 11.3. The maximum Gasteiger partial charge on any atom is 0.132 e. The molecular weight excluding hydrogens is 256 g/mol. The van der Waals surface area contributed by atoms with E-state index in [2.05, 4.69) is 15.9 Å². The van der Waals surface area contributed by atoms with E-state index >= 15 is 0 Å². The lowest BCUT2D eigenvalue weighted by Crippen LogP contribution is -2.05. The van der Waals surface area contributed by atoms with Crippen LogP contribution in [0.15, 0.2) is 0 Å². The van der Waals surface area contributed by atoms with Gasteiger partial charge in [-0.25, -0.2) is 0 Å². The average Bonchev–Trinajstić information content (AvgIpc) is 2.74. The molecule has 0 aromatic rings. The number of carbonyl (C=O) groups is 1. The average molecular weight is 277 g/mol. The van der Waals surface area contributed by atoms with Gasteiger partial charge in [-0.3, -0.25) is 4.79 Å². The van der Waals surface area contributed by atoms with Gasteiger partial charge in [0.2, 0.25) is 0 Å². The largest absolute Gasteiger partial charge is 0.378 e. The van der Waals surface area contributed by atoms with Gasteiger partial charge in [0, 0.05) is 24.8 Å². The van der Waals surface area contributed by atoms with E-state index in [-0.39, 0.29) is 0 Å². The van der Waals surface area contributed by atoms with Crippen molar-refractivity contribution in [2.45, 2.75) is 57.5 Å². The number of Topliss-reactive ketones (excluding diaryl/α,β-unsaturated/α-hetero) is 1. The highest BCUT2D eigenvalue weighted by atomic mass is 79.9. The molecule has 0 aromatic heterocycles. The molecule has 0 bridgehead atoms. The summed E-state index contributed by atoms with van der Waals surface area (Å²) in [5.74, 6) is 0.418. The molecular formula is C12H21BrO2. The number of hydrogen-bond donors (Lipinski definition) is 0. The Kier molecular flexibility index (Phi) is 7.28. The zero-order valence-corrected chi connectivity index (χ0v) is 10.9. The lowest BCUT2D eigenvalue weighted by Gasteiger charge is -2.07. The third kappa shape index (κ3) is 6.31. The summed E-state index contributed by atoms with van der Waals surface area (Å²) in [5.41, 5.74) is 0. The lowest BCUT2D eigenvalue weighted by molar-refractivity contribution is -0.119. The molecule has 0 saturated carbocycles. The van der Waals surface area contributed by atoms with E-state index in [0.29, 0.717) is 11.9 Å². The predicted molar refractivity (Wildman–Crippen MR) is 65.5 cm³/mol. The van der Waals surface area contributed by atoms with Gasteiger partial charge < -0.3 is 4.74 Å². The minimum Gasteiger partial charge on any atom is -0.378 e. The number of rotatable bonds is 8. The van der Waals surface area contributed by atoms with Crippen molar-refractivity contribution < 1.29 is 9.53 Å². The second kappa shape index (κ2) is 8.28. The van der Waals surface area contributed by atoms with Crippen LogP contribution in [0, 0.1) is 0 Å². The predicted octanol–water partition coefficient (Wildman–Crippen LogP) is 3.47. The molecule has 1 atom stereocenters. The Bertz CT molecular complexity index is 176. The fourth-order valence-electron chi connectivity index (χ4n) is 1.96. The van der Waals surface area contributed by atoms with E-state index in [1.54, 1.807) is 0 Å². The van der Waals surface area contributed by atoms with E-state index in [1.165, 1.54) is 12.8 Å². The first-order valence-corrected chi connectivity index (χ1v) is 7.14. The number of halogens is 1. The molecule has 0 N–H and O–H groups in total. The minimum atomic E-state index is 0.418. The fraction of sp³-hybridized carbons (Fsp3) is 0.917. The van der Waals surface area contributed by atoms with Crippen LogP contribution in [0.2, 0.25) is 0 Å². The molecule has 3 heteroatoms. The Morgan fingerprint density at radius 3 is 2.73 bits per heavy atom. The first-order chi connectivity index (χ1) is 7.33. The molecule has 15 heavy (non-hydrogen) atoms. The van der Waals surface area contributed by atoms with E-state index in [9.17, 15) is 4.79 Å². The molecule has 1 rings (SSSR count). The number of carbonyl (C=O) groups excluding carboxylic acids is 1. The number of alkyl halides is 1. The number of ether oxygens (including phenoxy) is 1. The number of ketones is 1. The number of hydrogen-bond acceptors (Lipinski definition) is 2. The summed E-state index contributed by atoms with van der Waals surface area (Å²) < 4.78 is 5.53. The highest BCUT2D eigenvalue weighted by Gasteiger charge is 2.14. The van der Waals surface area contributed by atoms with Gasteiger partial charge in [-0.15, -0.1) is 0 Å². The van der Waals surface area contributed by atoms with Crippen molar-refractivity contribution in [1.82, 2.24) is 0 Å². The lowest BCUT2D eigenvalue weighted by atomic mass is 10.0. The van der Waals surface area contributed by atoms with Crippen molar-refractivity contribution in [3.8, 4) is 0 Å². The van der Waals surface area contributed by atoms with Gasteiger partial charge in [0.25, 0.3) is 0 Å². The Morgan fingerprint density at radius 2 is 2.07 bits per heavy atom. The van der Waals surface area contributed by atoms with E-state index in [4.69, 9.17) is 4.74 Å². The Labute approximate surface area is 101 Å². The standard InChI is InChI=1S/C12H21BrO2/c13-9-3-6-11(14)5-1-2-7-12-8-4-10-15-12/h12H,1-10H2. The molecule has 1 fully saturated rings. The van der Waals surface area contributed by atoms with Gasteiger partial charge in [0.05, 0.1) is 6.10 Å². The Balaban J connectivity index is 1.89. The molecule has 1 aliphatic rings. The van der Waals surface area contributed by atoms with Crippen LogP contribution in [-0.2, 0) is 9.53 Å². The quantitative estimate of drug-likeness (QED) is 0.501. The summed E-state index contributed by atoms with van der Waals surface area (Å²) >= 11 is 3.34. The van der Waals surface area contributed by atoms with Crippen LogP contribution in [-0.4, -0.2) is 23.8 Å². The summed E-state index contributed by atoms with van der Waals surface area (Å²) in [7, 11) is 0. The van der Waals surface area contributed by atoms with Crippen molar-refractivity contribution in [1.29, 1.82) is 0 Å². The first-order valence-electron chi connectivity index (χ1n) is 6.02. The third-order valence-corrected chi connectivity index (χ3v) is 3.41. The van der Waals surface area contributed by atoms with Crippen molar-refractivity contribution in [3.05, 3.63) is 0 Å². The summed E-state index contributed by atoms with van der Waals surface area (Å²) in [6, 6.07) is 0. The van der Waals surface area contributed by atoms with E-state index < -0.39 is 0 Å². The van der Waals surface area contributed by atoms with Gasteiger partial charge in [-0.05, 0) is 32.1 Å². The maximum absolute atomic E-state index is 11.3. The van der Waals surface area contributed by atoms with Crippen LogP contribution >= 0.6 is 15.9 Å². The molecule has 88 valence electrons. The Morgan fingerprint density at radius 1 is 1.27 bits per heavy atom. The van der Waals surface area contributed by atoms with Crippen molar-refractivity contribution in [3.63, 3.8) is 0 Å². The monoisotopic (exact) mass is 276 g/mol. The van der Waals surface area contributed by atoms with E-state index in [0.717, 1.165) is 50.5 Å². The third-order valence-electron chi connectivity index (χ3n) is 2.84. The molecule has 1 aliphatic heterocycles. The van der Waals surface area contributed by atoms with Crippen molar-refractivity contribution >= 4 is 21.7 Å². The van der Waals surface area contributed by atoms with Crippen LogP contribution in [0.4, 0.5) is 0 Å². The van der Waals surface area contributed by atoms with Gasteiger partial charge in [-0.1, -0.05) is 22.4 Å². The minimum absolute atomic E-state index is 0.418. The molecule has 1 unspecified atom stereocenters. The van der Waals surface area contributed by atoms with Crippen LogP contribution in [0.5, 0.6) is 0 Å². The van der Waals surface area contributed by atoms with Gasteiger partial charge >= 0.3 is 0 Å². The zero-order valence-electron chi connectivity index (χ0n) is 9.34. The number of unbranched alkanes of at least 4 members (excludes halogenated alkanes) is 1. The highest BCUT2D eigenvalue weighted by molar-refractivity contribution is 9.09. The Hall–Kier alpha value is 0.110. The first kappa shape index (κ1) is 13.2. The molecule has 0 radical (unpaired) electrons. The molecule has 0 aromatic carbocycles. The second-order valence-electron chi connectivity index (χ2n) is 4.21. The SMILES string of the molecule is O=C(CCCBr)CCCCC1CCCO1. The second-order valence-corrected chi connectivity index (χ2v) is 5.01. The zero-order chi connectivity index (χ0) is 10.9. The van der Waals surface area contributed by atoms with Crippen molar-refractivity contribution in [2.24, 2.45) is 0 Å². The molecule has 0 aliphatic carbocycles.